The summed E-state index contributed by atoms with van der Waals surface area (Å²) in [6.07, 6.45) is 6.97. The van der Waals surface area contributed by atoms with Crippen molar-refractivity contribution >= 4 is 22.9 Å². The Balaban J connectivity index is 1.79. The first-order valence-corrected chi connectivity index (χ1v) is 9.04. The van der Waals surface area contributed by atoms with Crippen LogP contribution in [0.5, 0.6) is 0 Å². The van der Waals surface area contributed by atoms with Gasteiger partial charge in [0.15, 0.2) is 17.0 Å². The Bertz CT molecular complexity index is 901. The number of nitrogens with zero attached hydrogens (tertiary/aromatic N) is 6. The first kappa shape index (κ1) is 16.8. The highest BCUT2D eigenvalue weighted by atomic mass is 16.3. The Morgan fingerprint density at radius 2 is 2.04 bits per heavy atom. The van der Waals surface area contributed by atoms with Crippen molar-refractivity contribution in [2.24, 2.45) is 0 Å². The molecule has 3 heterocycles. The second-order valence-corrected chi connectivity index (χ2v) is 7.03. The average Bonchev–Trinajstić information content (AvgIpc) is 3.24. The summed E-state index contributed by atoms with van der Waals surface area (Å²) in [6.45, 7) is 4.12. The number of aromatic nitrogens is 6. The lowest BCUT2D eigenvalue weighted by molar-refractivity contribution is 0.116. The van der Waals surface area contributed by atoms with Crippen molar-refractivity contribution in [3.8, 4) is 5.95 Å². The van der Waals surface area contributed by atoms with Gasteiger partial charge < -0.3 is 16.2 Å². The van der Waals surface area contributed by atoms with Gasteiger partial charge in [0.1, 0.15) is 0 Å². The van der Waals surface area contributed by atoms with Crippen molar-refractivity contribution < 1.29 is 5.11 Å². The third-order valence-electron chi connectivity index (χ3n) is 4.82. The lowest BCUT2D eigenvalue weighted by Crippen LogP contribution is -2.36. The van der Waals surface area contributed by atoms with Crippen molar-refractivity contribution in [2.45, 2.75) is 57.7 Å². The van der Waals surface area contributed by atoms with Crippen molar-refractivity contribution in [2.75, 3.05) is 11.1 Å². The second-order valence-electron chi connectivity index (χ2n) is 7.03. The summed E-state index contributed by atoms with van der Waals surface area (Å²) >= 11 is 0. The van der Waals surface area contributed by atoms with E-state index in [0.717, 1.165) is 25.7 Å². The second kappa shape index (κ2) is 6.56. The fraction of sp³-hybridized carbons (Fsp3) is 0.529. The Morgan fingerprint density at radius 1 is 1.23 bits per heavy atom. The lowest BCUT2D eigenvalue weighted by atomic mass is 9.93. The molecule has 0 aliphatic heterocycles. The highest BCUT2D eigenvalue weighted by molar-refractivity contribution is 5.84. The maximum Gasteiger partial charge on any atom is 0.233 e. The standard InChI is InChI=1S/C17H24N8O/c1-10(2)25-15-13(21-17(25)24-9-5-8-19-24)14(18)22-16(23-15)20-11-6-3-4-7-12(11)26/h5,8-12,26H,3-4,6-7H2,1-2H3,(H3,18,20,22,23). The molecule has 26 heavy (non-hydrogen) atoms. The largest absolute Gasteiger partial charge is 0.391 e. The zero-order valence-corrected chi connectivity index (χ0v) is 15.0. The van der Waals surface area contributed by atoms with Crippen LogP contribution in [-0.2, 0) is 0 Å². The third kappa shape index (κ3) is 2.88. The topological polar surface area (TPSA) is 120 Å². The average molecular weight is 356 g/mol. The van der Waals surface area contributed by atoms with Crippen molar-refractivity contribution in [1.29, 1.82) is 0 Å². The van der Waals surface area contributed by atoms with Crippen LogP contribution < -0.4 is 11.1 Å². The van der Waals surface area contributed by atoms with Gasteiger partial charge in [-0.25, -0.2) is 9.67 Å². The Morgan fingerprint density at radius 3 is 2.73 bits per heavy atom. The smallest absolute Gasteiger partial charge is 0.233 e. The van der Waals surface area contributed by atoms with Crippen LogP contribution in [0.3, 0.4) is 0 Å². The number of aliphatic hydroxyl groups is 1. The molecule has 0 bridgehead atoms. The van der Waals surface area contributed by atoms with Crippen LogP contribution in [0.1, 0.15) is 45.6 Å². The van der Waals surface area contributed by atoms with Crippen LogP contribution in [-0.4, -0.2) is 46.6 Å². The summed E-state index contributed by atoms with van der Waals surface area (Å²) in [7, 11) is 0. The van der Waals surface area contributed by atoms with Crippen LogP contribution in [0, 0.1) is 0 Å². The molecule has 2 atom stereocenters. The van der Waals surface area contributed by atoms with Crippen LogP contribution in [0.2, 0.25) is 0 Å². The maximum atomic E-state index is 10.2. The molecule has 9 nitrogen and oxygen atoms in total. The quantitative estimate of drug-likeness (QED) is 0.653. The lowest BCUT2D eigenvalue weighted by Gasteiger charge is -2.28. The zero-order chi connectivity index (χ0) is 18.3. The van der Waals surface area contributed by atoms with E-state index in [4.69, 9.17) is 5.73 Å². The normalized spacial score (nSPS) is 20.8. The molecule has 0 spiro atoms. The van der Waals surface area contributed by atoms with Crippen LogP contribution in [0.4, 0.5) is 11.8 Å². The van der Waals surface area contributed by atoms with Gasteiger partial charge in [-0.3, -0.25) is 4.57 Å². The molecule has 9 heteroatoms. The van der Waals surface area contributed by atoms with E-state index in [1.807, 2.05) is 16.8 Å². The first-order valence-electron chi connectivity index (χ1n) is 9.04. The van der Waals surface area contributed by atoms with Crippen molar-refractivity contribution in [3.05, 3.63) is 18.5 Å². The van der Waals surface area contributed by atoms with E-state index in [1.54, 1.807) is 10.9 Å². The highest BCUT2D eigenvalue weighted by Crippen LogP contribution is 2.27. The fourth-order valence-corrected chi connectivity index (χ4v) is 3.52. The van der Waals surface area contributed by atoms with Crippen LogP contribution in [0.15, 0.2) is 18.5 Å². The minimum Gasteiger partial charge on any atom is -0.391 e. The Hall–Kier alpha value is -2.68. The predicted octanol–water partition coefficient (Wildman–Crippen LogP) is 1.89. The summed E-state index contributed by atoms with van der Waals surface area (Å²) in [5.74, 6) is 1.39. The Kier molecular flexibility index (Phi) is 4.23. The molecule has 1 aliphatic carbocycles. The molecule has 1 saturated carbocycles. The van der Waals surface area contributed by atoms with Gasteiger partial charge in [0.2, 0.25) is 11.9 Å². The van der Waals surface area contributed by atoms with Gasteiger partial charge in [0, 0.05) is 18.4 Å². The SMILES string of the molecule is CC(C)n1c(-n2cccn2)nc2c(N)nc(NC3CCCCC3O)nc21. The maximum absolute atomic E-state index is 10.2. The summed E-state index contributed by atoms with van der Waals surface area (Å²) in [6, 6.07) is 1.90. The van der Waals surface area contributed by atoms with Gasteiger partial charge in [-0.1, -0.05) is 12.8 Å². The number of nitrogen functional groups attached to an aromatic ring is 1. The minimum atomic E-state index is -0.390. The number of nitrogens with one attached hydrogen (secondary N) is 1. The molecular formula is C17H24N8O. The number of hydrogen-bond donors (Lipinski definition) is 3. The molecule has 1 fully saturated rings. The minimum absolute atomic E-state index is 0.0541. The van der Waals surface area contributed by atoms with Crippen molar-refractivity contribution in [3.63, 3.8) is 0 Å². The number of nitrogens with two attached hydrogens (primary N) is 1. The number of fused-ring (bicyclic) bond motifs is 1. The van der Waals surface area contributed by atoms with Gasteiger partial charge in [0.05, 0.1) is 12.1 Å². The van der Waals surface area contributed by atoms with E-state index >= 15 is 0 Å². The van der Waals surface area contributed by atoms with Gasteiger partial charge >= 0.3 is 0 Å². The van der Waals surface area contributed by atoms with Crippen LogP contribution >= 0.6 is 0 Å². The first-order chi connectivity index (χ1) is 12.5. The van der Waals surface area contributed by atoms with E-state index < -0.39 is 0 Å². The predicted molar refractivity (Wildman–Crippen MR) is 99.1 cm³/mol. The number of anilines is 2. The molecule has 3 aromatic rings. The third-order valence-corrected chi connectivity index (χ3v) is 4.82. The van der Waals surface area contributed by atoms with E-state index in [1.165, 1.54) is 0 Å². The van der Waals surface area contributed by atoms with Gasteiger partial charge in [0.25, 0.3) is 0 Å². The molecule has 0 saturated heterocycles. The summed E-state index contributed by atoms with van der Waals surface area (Å²) in [5, 5.41) is 17.7. The number of rotatable bonds is 4. The molecular weight excluding hydrogens is 332 g/mol. The highest BCUT2D eigenvalue weighted by Gasteiger charge is 2.25. The Labute approximate surface area is 151 Å². The van der Waals surface area contributed by atoms with Gasteiger partial charge in [-0.15, -0.1) is 0 Å². The molecule has 3 aromatic heterocycles. The number of imidazole rings is 1. The molecule has 2 unspecified atom stereocenters. The zero-order valence-electron chi connectivity index (χ0n) is 15.0. The summed E-state index contributed by atoms with van der Waals surface area (Å²) in [4.78, 5) is 13.6. The van der Waals surface area contributed by atoms with E-state index in [9.17, 15) is 5.11 Å². The van der Waals surface area contributed by atoms with E-state index in [-0.39, 0.29) is 18.2 Å². The molecule has 0 amide bonds. The molecule has 138 valence electrons. The number of aliphatic hydroxyl groups excluding tert-OH is 1. The van der Waals surface area contributed by atoms with E-state index in [2.05, 4.69) is 39.2 Å². The molecule has 0 aromatic carbocycles. The van der Waals surface area contributed by atoms with E-state index in [0.29, 0.717) is 28.9 Å². The van der Waals surface area contributed by atoms with Crippen molar-refractivity contribution in [1.82, 2.24) is 29.3 Å². The monoisotopic (exact) mass is 356 g/mol. The molecule has 4 rings (SSSR count). The fourth-order valence-electron chi connectivity index (χ4n) is 3.52. The van der Waals surface area contributed by atoms with Crippen LogP contribution in [0.25, 0.3) is 17.1 Å². The molecule has 1 aliphatic rings. The van der Waals surface area contributed by atoms with Gasteiger partial charge in [-0.05, 0) is 32.8 Å². The van der Waals surface area contributed by atoms with Gasteiger partial charge in [-0.2, -0.15) is 15.1 Å². The molecule has 0 radical (unpaired) electrons. The summed E-state index contributed by atoms with van der Waals surface area (Å²) in [5.41, 5.74) is 7.39. The summed E-state index contributed by atoms with van der Waals surface area (Å²) < 4.78 is 3.68. The molecule has 4 N–H and O–H groups in total. The number of hydrogen-bond acceptors (Lipinski definition) is 7.